The van der Waals surface area contributed by atoms with Gasteiger partial charge in [-0.3, -0.25) is 0 Å². The normalized spacial score (nSPS) is 45.7. The van der Waals surface area contributed by atoms with E-state index in [1.807, 2.05) is 0 Å². The molecule has 4 saturated carbocycles. The van der Waals surface area contributed by atoms with Gasteiger partial charge < -0.3 is 11.9 Å². The Bertz CT molecular complexity index is 178. The van der Waals surface area contributed by atoms with E-state index in [1.54, 1.807) is 0 Å². The van der Waals surface area contributed by atoms with E-state index in [0.717, 1.165) is 17.8 Å². The van der Waals surface area contributed by atoms with Gasteiger partial charge in [-0.05, 0) is 37.0 Å². The van der Waals surface area contributed by atoms with E-state index in [2.05, 4.69) is 0 Å². The van der Waals surface area contributed by atoms with Gasteiger partial charge >= 0.3 is 35.3 Å². The van der Waals surface area contributed by atoms with Gasteiger partial charge in [0.25, 0.3) is 0 Å². The molecular formula is C10H18Cl2N2Pt. The number of hydrogen-bond acceptors (Lipinski definition) is 0. The van der Waals surface area contributed by atoms with Crippen LogP contribution in [0.3, 0.4) is 0 Å². The summed E-state index contributed by atoms with van der Waals surface area (Å²) in [6.07, 6.45) is 8.12. The molecule has 15 heavy (non-hydrogen) atoms. The number of nitrogens with two attached hydrogens (primary N) is 1. The Morgan fingerprint density at radius 1 is 0.933 bits per heavy atom. The van der Waals surface area contributed by atoms with Crippen LogP contribution in [-0.4, -0.2) is 5.54 Å². The van der Waals surface area contributed by atoms with Crippen molar-refractivity contribution in [2.45, 2.75) is 44.1 Å². The molecule has 0 aromatic carbocycles. The molecule has 4 bridgehead atoms. The van der Waals surface area contributed by atoms with Crippen molar-refractivity contribution in [3.8, 4) is 0 Å². The first kappa shape index (κ1) is 14.3. The molecule has 0 aliphatic heterocycles. The molecule has 0 amide bonds. The molecule has 5 heteroatoms. The largest absolute Gasteiger partial charge is 0.693 e. The Labute approximate surface area is 109 Å². The first-order valence-electron chi connectivity index (χ1n) is 5.22. The first-order valence-corrected chi connectivity index (χ1v) is 10.9. The zero-order valence-corrected chi connectivity index (χ0v) is 12.4. The Kier molecular flexibility index (Phi) is 5.40. The van der Waals surface area contributed by atoms with Crippen molar-refractivity contribution in [2.75, 3.05) is 0 Å². The maximum Gasteiger partial charge on any atom is -0.0420 e. The predicted molar refractivity (Wildman–Crippen MR) is 62.2 cm³/mol. The Morgan fingerprint density at radius 3 is 1.40 bits per heavy atom. The molecule has 3 N–H and O–H groups in total. The second-order valence-electron chi connectivity index (χ2n) is 5.24. The average Bonchev–Trinajstić information content (AvgIpc) is 1.99. The fraction of sp³-hybridized carbons (Fsp3) is 1.00. The first-order chi connectivity index (χ1) is 6.65. The second kappa shape index (κ2) is 5.69. The molecule has 4 fully saturated rings. The smallest absolute Gasteiger partial charge is 0.0420 e. The summed E-state index contributed by atoms with van der Waals surface area (Å²) in [5.41, 5.74) is 8.26. The zero-order valence-electron chi connectivity index (χ0n) is 8.62. The summed E-state index contributed by atoms with van der Waals surface area (Å²) in [5.74, 6) is 2.87. The quantitative estimate of drug-likeness (QED) is 0.512. The fourth-order valence-corrected chi connectivity index (χ4v) is 4.11. The molecule has 4 aliphatic rings. The third-order valence-corrected chi connectivity index (χ3v) is 4.04. The van der Waals surface area contributed by atoms with E-state index in [4.69, 9.17) is 24.6 Å². The van der Waals surface area contributed by atoms with E-state index in [0.29, 0.717) is 0 Å². The van der Waals surface area contributed by atoms with Crippen LogP contribution in [-0.2, 0) is 16.5 Å². The molecule has 0 aromatic rings. The van der Waals surface area contributed by atoms with Gasteiger partial charge in [0.15, 0.2) is 0 Å². The molecule has 0 heterocycles. The van der Waals surface area contributed by atoms with Gasteiger partial charge in [-0.1, -0.05) is 19.3 Å². The van der Waals surface area contributed by atoms with Crippen molar-refractivity contribution in [1.29, 1.82) is 0 Å². The maximum atomic E-state index is 8.21. The summed E-state index contributed by atoms with van der Waals surface area (Å²) in [5, 5.41) is 0. The van der Waals surface area contributed by atoms with Gasteiger partial charge in [-0.25, -0.2) is 0 Å². The molecule has 0 unspecified atom stereocenters. The van der Waals surface area contributed by atoms with Crippen molar-refractivity contribution in [3.63, 3.8) is 0 Å². The topological polar surface area (TPSA) is 57.3 Å². The molecule has 2 nitrogen and oxygen atoms in total. The molecule has 0 saturated heterocycles. The number of hydrogen-bond donors (Lipinski definition) is 0. The molecule has 0 aromatic heterocycles. The Balaban J connectivity index is 0.000000256. The maximum absolute atomic E-state index is 8.21. The summed E-state index contributed by atoms with van der Waals surface area (Å²) < 4.78 is 0. The van der Waals surface area contributed by atoms with E-state index in [-0.39, 0.29) is 11.7 Å². The van der Waals surface area contributed by atoms with Gasteiger partial charge in [0.1, 0.15) is 0 Å². The van der Waals surface area contributed by atoms with Crippen LogP contribution < -0.4 is 0 Å². The van der Waals surface area contributed by atoms with Crippen LogP contribution in [0.2, 0.25) is 0 Å². The van der Waals surface area contributed by atoms with Crippen LogP contribution in [0.4, 0.5) is 0 Å². The van der Waals surface area contributed by atoms with E-state index in [1.165, 1.54) is 38.5 Å². The molecule has 0 radical (unpaired) electrons. The van der Waals surface area contributed by atoms with Crippen molar-refractivity contribution in [3.05, 3.63) is 11.9 Å². The summed E-state index contributed by atoms with van der Waals surface area (Å²) >= 11 is -0.472. The Hall–Kier alpha value is 1.19. The van der Waals surface area contributed by atoms with Crippen LogP contribution in [0.25, 0.3) is 11.9 Å². The minimum atomic E-state index is -0.472. The van der Waals surface area contributed by atoms with Crippen molar-refractivity contribution in [2.24, 2.45) is 17.8 Å². The average molecular weight is 432 g/mol. The monoisotopic (exact) mass is 431 g/mol. The molecule has 92 valence electrons. The summed E-state index contributed by atoms with van der Waals surface area (Å²) in [6, 6.07) is 0. The molecule has 4 rings (SSSR count). The fourth-order valence-electron chi connectivity index (χ4n) is 4.11. The third kappa shape index (κ3) is 3.32. The molecule has 0 spiro atoms. The number of nitrogens with one attached hydrogen (secondary N) is 1. The molecular weight excluding hydrogens is 414 g/mol. The van der Waals surface area contributed by atoms with Gasteiger partial charge in [-0.15, -0.1) is 5.54 Å². The van der Waals surface area contributed by atoms with E-state index >= 15 is 0 Å². The van der Waals surface area contributed by atoms with Crippen LogP contribution in [0.5, 0.6) is 0 Å². The minimum Gasteiger partial charge on any atom is -0.693 e. The van der Waals surface area contributed by atoms with E-state index < -0.39 is 16.5 Å². The third-order valence-electron chi connectivity index (χ3n) is 4.04. The summed E-state index contributed by atoms with van der Waals surface area (Å²) in [7, 11) is 9.75. The zero-order chi connectivity index (χ0) is 10.2. The minimum absolute atomic E-state index is 0. The van der Waals surface area contributed by atoms with Gasteiger partial charge in [0, 0.05) is 0 Å². The van der Waals surface area contributed by atoms with Crippen LogP contribution >= 0.6 is 18.8 Å². The van der Waals surface area contributed by atoms with Crippen molar-refractivity contribution < 1.29 is 16.5 Å². The van der Waals surface area contributed by atoms with Gasteiger partial charge in [0.2, 0.25) is 0 Å². The van der Waals surface area contributed by atoms with E-state index in [9.17, 15) is 0 Å². The summed E-state index contributed by atoms with van der Waals surface area (Å²) in [6.45, 7) is 0. The van der Waals surface area contributed by atoms with Crippen LogP contribution in [0.15, 0.2) is 0 Å². The standard InChI is InChI=1S/C10H16N.2ClH.H2N.Pt/c11-10-4-7-1-8(5-10)3-9(2-7)6-10;;;;/h7-9,11H,1-6H2;2*1H;1H2;/q-1;;;-1;+4/p-2. The molecule has 0 atom stereocenters. The molecule has 4 aliphatic carbocycles. The van der Waals surface area contributed by atoms with Crippen molar-refractivity contribution in [1.82, 2.24) is 0 Å². The number of halogens is 2. The predicted octanol–water partition coefficient (Wildman–Crippen LogP) is 5.10. The summed E-state index contributed by atoms with van der Waals surface area (Å²) in [4.78, 5) is 0. The second-order valence-corrected chi connectivity index (χ2v) is 8.53. The Morgan fingerprint density at radius 2 is 1.20 bits per heavy atom. The van der Waals surface area contributed by atoms with Crippen LogP contribution in [0, 0.1) is 17.8 Å². The number of rotatable bonds is 0. The van der Waals surface area contributed by atoms with Gasteiger partial charge in [0.05, 0.1) is 0 Å². The van der Waals surface area contributed by atoms with Gasteiger partial charge in [-0.2, -0.15) is 0 Å². The van der Waals surface area contributed by atoms with Crippen molar-refractivity contribution >= 4 is 18.8 Å². The SMILES string of the molecule is [Cl][Pt+2][Cl].[NH-]C12CC3CC(CC(C3)C1)C2.[NH2-]. The van der Waals surface area contributed by atoms with Crippen LogP contribution in [0.1, 0.15) is 38.5 Å².